The quantitative estimate of drug-likeness (QED) is 0.711. The first-order valence-electron chi connectivity index (χ1n) is 9.46. The summed E-state index contributed by atoms with van der Waals surface area (Å²) < 4.78 is 4.27. The van der Waals surface area contributed by atoms with E-state index in [0.29, 0.717) is 5.92 Å². The molecule has 0 unspecified atom stereocenters. The molecule has 134 valence electrons. The summed E-state index contributed by atoms with van der Waals surface area (Å²) in [5.41, 5.74) is 3.98. The Morgan fingerprint density at radius 1 is 1.08 bits per heavy atom. The Labute approximate surface area is 153 Å². The van der Waals surface area contributed by atoms with Gasteiger partial charge >= 0.3 is 0 Å². The molecule has 26 heavy (non-hydrogen) atoms. The molecule has 6 heteroatoms. The highest BCUT2D eigenvalue weighted by atomic mass is 15.3. The summed E-state index contributed by atoms with van der Waals surface area (Å²) in [7, 11) is 2.03. The number of rotatable bonds is 5. The minimum absolute atomic E-state index is 0.692. The van der Waals surface area contributed by atoms with Gasteiger partial charge in [0.1, 0.15) is 11.6 Å². The molecule has 0 spiro atoms. The second-order valence-electron chi connectivity index (χ2n) is 7.54. The van der Waals surface area contributed by atoms with Crippen LogP contribution in [0.3, 0.4) is 0 Å². The Bertz CT molecular complexity index is 906. The number of nitrogens with zero attached hydrogens (tertiary/aromatic N) is 6. The minimum Gasteiger partial charge on any atom is -0.312 e. The van der Waals surface area contributed by atoms with Crippen LogP contribution < -0.4 is 0 Å². The lowest BCUT2D eigenvalue weighted by Crippen LogP contribution is -2.34. The fraction of sp³-hybridized carbons (Fsp3) is 0.450. The molecule has 2 aliphatic rings. The third kappa shape index (κ3) is 3.05. The van der Waals surface area contributed by atoms with Crippen molar-refractivity contribution in [3.63, 3.8) is 0 Å². The molecule has 1 aromatic carbocycles. The van der Waals surface area contributed by atoms with Gasteiger partial charge in [-0.3, -0.25) is 9.58 Å². The maximum Gasteiger partial charge on any atom is 0.147 e. The first kappa shape index (κ1) is 15.8. The highest BCUT2D eigenvalue weighted by Gasteiger charge is 2.30. The number of hydrogen-bond donors (Lipinski definition) is 0. The van der Waals surface area contributed by atoms with Gasteiger partial charge in [-0.05, 0) is 18.4 Å². The van der Waals surface area contributed by atoms with E-state index in [2.05, 4.69) is 56.2 Å². The van der Waals surface area contributed by atoms with Gasteiger partial charge in [0.25, 0.3) is 0 Å². The lowest BCUT2D eigenvalue weighted by Gasteiger charge is -2.27. The predicted octanol–water partition coefficient (Wildman–Crippen LogP) is 2.50. The fourth-order valence-electron chi connectivity index (χ4n) is 3.93. The van der Waals surface area contributed by atoms with E-state index >= 15 is 0 Å². The zero-order valence-electron chi connectivity index (χ0n) is 15.2. The second-order valence-corrected chi connectivity index (χ2v) is 7.54. The van der Waals surface area contributed by atoms with Gasteiger partial charge in [0.05, 0.1) is 12.2 Å². The van der Waals surface area contributed by atoms with Gasteiger partial charge in [0.15, 0.2) is 0 Å². The number of benzene rings is 1. The highest BCUT2D eigenvalue weighted by Crippen LogP contribution is 2.41. The van der Waals surface area contributed by atoms with Gasteiger partial charge in [-0.15, -0.1) is 10.2 Å². The van der Waals surface area contributed by atoms with Gasteiger partial charge in [-0.2, -0.15) is 5.10 Å². The third-order valence-electron chi connectivity index (χ3n) is 5.41. The fourth-order valence-corrected chi connectivity index (χ4v) is 3.93. The number of aryl methyl sites for hydroxylation is 1. The molecule has 5 rings (SSSR count). The molecule has 0 radical (unpaired) electrons. The van der Waals surface area contributed by atoms with Crippen LogP contribution in [0.1, 0.15) is 47.2 Å². The Hall–Kier alpha value is -2.47. The van der Waals surface area contributed by atoms with E-state index in [-0.39, 0.29) is 0 Å². The second kappa shape index (κ2) is 6.36. The van der Waals surface area contributed by atoms with Crippen molar-refractivity contribution in [2.45, 2.75) is 44.8 Å². The van der Waals surface area contributed by atoms with Crippen LogP contribution in [0.2, 0.25) is 0 Å². The average Bonchev–Trinajstić information content (AvgIpc) is 3.33. The maximum atomic E-state index is 4.69. The lowest BCUT2D eigenvalue weighted by atomic mass is 10.1. The molecule has 0 amide bonds. The van der Waals surface area contributed by atoms with Crippen molar-refractivity contribution >= 4 is 0 Å². The molecule has 6 nitrogen and oxygen atoms in total. The Morgan fingerprint density at radius 3 is 2.73 bits per heavy atom. The Kier molecular flexibility index (Phi) is 3.85. The van der Waals surface area contributed by atoms with Crippen LogP contribution in [0.4, 0.5) is 0 Å². The summed E-state index contributed by atoms with van der Waals surface area (Å²) >= 11 is 0. The highest BCUT2D eigenvalue weighted by molar-refractivity contribution is 5.25. The van der Waals surface area contributed by atoms with Gasteiger partial charge in [0, 0.05) is 50.8 Å². The van der Waals surface area contributed by atoms with Crippen LogP contribution in [0.25, 0.3) is 0 Å². The summed E-state index contributed by atoms with van der Waals surface area (Å²) in [6, 6.07) is 10.5. The normalized spacial score (nSPS) is 17.4. The van der Waals surface area contributed by atoms with E-state index in [1.165, 1.54) is 29.7 Å². The molecule has 1 aliphatic heterocycles. The average molecular weight is 348 g/mol. The predicted molar refractivity (Wildman–Crippen MR) is 98.6 cm³/mol. The molecule has 1 fully saturated rings. The number of fused-ring (bicyclic) bond motifs is 1. The number of hydrogen-bond acceptors (Lipinski definition) is 4. The van der Waals surface area contributed by atoms with Gasteiger partial charge < -0.3 is 4.57 Å². The number of aromatic nitrogens is 5. The van der Waals surface area contributed by atoms with Crippen LogP contribution >= 0.6 is 0 Å². The molecule has 0 saturated heterocycles. The molecular weight excluding hydrogens is 324 g/mol. The first-order valence-corrected chi connectivity index (χ1v) is 9.46. The molecule has 0 bridgehead atoms. The van der Waals surface area contributed by atoms with Gasteiger partial charge in [0.2, 0.25) is 0 Å². The molecule has 1 aliphatic carbocycles. The van der Waals surface area contributed by atoms with Crippen molar-refractivity contribution in [1.29, 1.82) is 0 Å². The molecule has 1 saturated carbocycles. The van der Waals surface area contributed by atoms with Crippen molar-refractivity contribution in [2.24, 2.45) is 7.05 Å². The van der Waals surface area contributed by atoms with Crippen LogP contribution in [-0.4, -0.2) is 36.0 Å². The summed E-state index contributed by atoms with van der Waals surface area (Å²) in [5.74, 6) is 2.85. The van der Waals surface area contributed by atoms with E-state index in [0.717, 1.165) is 44.2 Å². The monoisotopic (exact) mass is 348 g/mol. The van der Waals surface area contributed by atoms with E-state index in [9.17, 15) is 0 Å². The first-order chi connectivity index (χ1) is 12.8. The van der Waals surface area contributed by atoms with Crippen molar-refractivity contribution in [3.8, 4) is 0 Å². The summed E-state index contributed by atoms with van der Waals surface area (Å²) in [5, 5.41) is 13.6. The summed E-state index contributed by atoms with van der Waals surface area (Å²) in [6.07, 6.45) is 5.62. The van der Waals surface area contributed by atoms with E-state index < -0.39 is 0 Å². The topological polar surface area (TPSA) is 51.8 Å². The van der Waals surface area contributed by atoms with Crippen LogP contribution in [0.15, 0.2) is 36.5 Å². The van der Waals surface area contributed by atoms with E-state index in [1.54, 1.807) is 0 Å². The zero-order chi connectivity index (χ0) is 17.5. The molecule has 2 aromatic heterocycles. The Balaban J connectivity index is 1.30. The largest absolute Gasteiger partial charge is 0.312 e. The molecule has 0 atom stereocenters. The minimum atomic E-state index is 0.692. The van der Waals surface area contributed by atoms with Gasteiger partial charge in [-0.1, -0.05) is 30.3 Å². The van der Waals surface area contributed by atoms with Crippen LogP contribution in [0, 0.1) is 0 Å². The van der Waals surface area contributed by atoms with E-state index in [1.807, 2.05) is 11.7 Å². The standard InChI is InChI=1S/C20H24N6/c1-24-12-17(20(23-24)16-7-8-16)13-25-9-10-26-18(21-22-19(26)14-25)11-15-5-3-2-4-6-15/h2-6,12,16H,7-11,13-14H2,1H3. The smallest absolute Gasteiger partial charge is 0.147 e. The lowest BCUT2D eigenvalue weighted by molar-refractivity contribution is 0.207. The maximum absolute atomic E-state index is 4.69. The molecule has 0 N–H and O–H groups in total. The van der Waals surface area contributed by atoms with Crippen LogP contribution in [-0.2, 0) is 33.1 Å². The molecular formula is C20H24N6. The van der Waals surface area contributed by atoms with Crippen LogP contribution in [0.5, 0.6) is 0 Å². The van der Waals surface area contributed by atoms with Gasteiger partial charge in [-0.25, -0.2) is 0 Å². The van der Waals surface area contributed by atoms with Crippen molar-refractivity contribution in [1.82, 2.24) is 29.4 Å². The van der Waals surface area contributed by atoms with E-state index in [4.69, 9.17) is 5.10 Å². The summed E-state index contributed by atoms with van der Waals surface area (Å²) in [6.45, 7) is 3.82. The Morgan fingerprint density at radius 2 is 1.92 bits per heavy atom. The van der Waals surface area contributed by atoms with Crippen molar-refractivity contribution < 1.29 is 0 Å². The molecule has 3 heterocycles. The van der Waals surface area contributed by atoms with Crippen molar-refractivity contribution in [2.75, 3.05) is 6.54 Å². The van der Waals surface area contributed by atoms with Crippen molar-refractivity contribution in [3.05, 3.63) is 65.0 Å². The molecule has 3 aromatic rings. The third-order valence-corrected chi connectivity index (χ3v) is 5.41. The SMILES string of the molecule is Cn1cc(CN2CCn3c(Cc4ccccc4)nnc3C2)c(C2CC2)n1. The summed E-state index contributed by atoms with van der Waals surface area (Å²) in [4.78, 5) is 2.47. The zero-order valence-corrected chi connectivity index (χ0v) is 15.2.